The molecule has 7 heteroatoms. The third kappa shape index (κ3) is 5.63. The molecule has 0 aliphatic carbocycles. The molecule has 1 N–H and O–H groups in total. The molecule has 1 saturated heterocycles. The van der Waals surface area contributed by atoms with Gasteiger partial charge in [-0.3, -0.25) is 9.59 Å². The van der Waals surface area contributed by atoms with Gasteiger partial charge in [-0.2, -0.15) is 0 Å². The Labute approximate surface area is 227 Å². The number of carbonyl (C=O) groups is 2. The van der Waals surface area contributed by atoms with Crippen LogP contribution in [0.4, 0.5) is 0 Å². The number of ether oxygens (including phenoxy) is 1. The minimum absolute atomic E-state index is 0.148. The van der Waals surface area contributed by atoms with Crippen molar-refractivity contribution in [1.82, 2.24) is 10.2 Å². The van der Waals surface area contributed by atoms with Crippen molar-refractivity contribution >= 4 is 23.6 Å². The number of thioether (sulfide) groups is 1. The normalized spacial score (nSPS) is 16.9. The van der Waals surface area contributed by atoms with Gasteiger partial charge in [-0.15, -0.1) is 11.8 Å². The molecule has 4 aromatic rings. The van der Waals surface area contributed by atoms with Crippen LogP contribution in [0.2, 0.25) is 0 Å². The summed E-state index contributed by atoms with van der Waals surface area (Å²) in [6, 6.07) is 28.9. The van der Waals surface area contributed by atoms with Crippen LogP contribution < -0.4 is 10.1 Å². The standard InChI is InChI=1S/C31H30N2O4S/c1-36-26-14-12-24(13-15-26)30(35)33-28(21-38-31(33)25-17-19-37-20-25)29(34)32-18-16-27(22-8-4-2-5-9-22)23-10-6-3-7-11-23/h2-15,17,19-20,27-28,31H,16,18,21H2,1H3,(H,32,34). The second-order valence-corrected chi connectivity index (χ2v) is 10.3. The fourth-order valence-corrected chi connectivity index (χ4v) is 6.27. The highest BCUT2D eigenvalue weighted by Crippen LogP contribution is 2.42. The second kappa shape index (κ2) is 12.0. The Bertz CT molecular complexity index is 1290. The molecule has 1 aliphatic heterocycles. The molecule has 2 unspecified atom stereocenters. The van der Waals surface area contributed by atoms with Crippen molar-refractivity contribution in [2.24, 2.45) is 0 Å². The Kier molecular flexibility index (Phi) is 8.14. The molecule has 6 nitrogen and oxygen atoms in total. The first-order valence-electron chi connectivity index (χ1n) is 12.6. The highest BCUT2D eigenvalue weighted by Gasteiger charge is 2.43. The van der Waals surface area contributed by atoms with E-state index in [1.54, 1.807) is 60.6 Å². The number of rotatable bonds is 9. The summed E-state index contributed by atoms with van der Waals surface area (Å²) in [6.45, 7) is 0.495. The lowest BCUT2D eigenvalue weighted by atomic mass is 9.88. The Morgan fingerprint density at radius 2 is 1.63 bits per heavy atom. The van der Waals surface area contributed by atoms with Gasteiger partial charge in [-0.05, 0) is 47.9 Å². The van der Waals surface area contributed by atoms with E-state index in [1.807, 2.05) is 42.5 Å². The second-order valence-electron chi connectivity index (χ2n) is 9.15. The predicted molar refractivity (Wildman–Crippen MR) is 149 cm³/mol. The van der Waals surface area contributed by atoms with Gasteiger partial charge in [-0.25, -0.2) is 0 Å². The van der Waals surface area contributed by atoms with E-state index in [-0.39, 0.29) is 23.1 Å². The van der Waals surface area contributed by atoms with Crippen molar-refractivity contribution in [3.63, 3.8) is 0 Å². The van der Waals surface area contributed by atoms with E-state index in [2.05, 4.69) is 29.6 Å². The maximum Gasteiger partial charge on any atom is 0.255 e. The summed E-state index contributed by atoms with van der Waals surface area (Å²) in [5.41, 5.74) is 3.79. The van der Waals surface area contributed by atoms with Gasteiger partial charge in [0.05, 0.1) is 19.6 Å². The Hall–Kier alpha value is -3.97. The van der Waals surface area contributed by atoms with E-state index < -0.39 is 6.04 Å². The van der Waals surface area contributed by atoms with Crippen molar-refractivity contribution in [1.29, 1.82) is 0 Å². The number of nitrogens with zero attached hydrogens (tertiary/aromatic N) is 1. The molecule has 5 rings (SSSR count). The summed E-state index contributed by atoms with van der Waals surface area (Å²) in [7, 11) is 1.59. The van der Waals surface area contributed by atoms with Crippen LogP contribution in [0.3, 0.4) is 0 Å². The molecular weight excluding hydrogens is 496 g/mol. The van der Waals surface area contributed by atoms with Gasteiger partial charge < -0.3 is 19.4 Å². The maximum atomic E-state index is 13.7. The smallest absolute Gasteiger partial charge is 0.255 e. The number of nitrogens with one attached hydrogen (secondary N) is 1. The molecule has 0 radical (unpaired) electrons. The minimum atomic E-state index is -0.596. The van der Waals surface area contributed by atoms with Gasteiger partial charge >= 0.3 is 0 Å². The summed E-state index contributed by atoms with van der Waals surface area (Å²) in [6.07, 6.45) is 3.97. The van der Waals surface area contributed by atoms with Crippen molar-refractivity contribution in [3.05, 3.63) is 126 Å². The van der Waals surface area contributed by atoms with Crippen LogP contribution >= 0.6 is 11.8 Å². The molecule has 2 heterocycles. The van der Waals surface area contributed by atoms with Gasteiger partial charge in [0.15, 0.2) is 0 Å². The van der Waals surface area contributed by atoms with Gasteiger partial charge in [0.2, 0.25) is 5.91 Å². The molecule has 38 heavy (non-hydrogen) atoms. The Morgan fingerprint density at radius 1 is 0.974 bits per heavy atom. The molecule has 0 saturated carbocycles. The highest BCUT2D eigenvalue weighted by molar-refractivity contribution is 7.99. The van der Waals surface area contributed by atoms with E-state index >= 15 is 0 Å². The lowest BCUT2D eigenvalue weighted by Crippen LogP contribution is -2.48. The summed E-state index contributed by atoms with van der Waals surface area (Å²) in [5.74, 6) is 0.987. The highest BCUT2D eigenvalue weighted by atomic mass is 32.2. The maximum absolute atomic E-state index is 13.7. The minimum Gasteiger partial charge on any atom is -0.497 e. The van der Waals surface area contributed by atoms with E-state index in [9.17, 15) is 9.59 Å². The van der Waals surface area contributed by atoms with Crippen LogP contribution in [-0.4, -0.2) is 42.2 Å². The molecule has 1 fully saturated rings. The average molecular weight is 527 g/mol. The average Bonchev–Trinajstić information content (AvgIpc) is 3.66. The number of hydrogen-bond acceptors (Lipinski definition) is 5. The number of benzene rings is 3. The van der Waals surface area contributed by atoms with Crippen LogP contribution in [0.1, 0.15) is 44.8 Å². The first-order valence-corrected chi connectivity index (χ1v) is 13.7. The van der Waals surface area contributed by atoms with E-state index in [1.165, 1.54) is 11.1 Å². The monoisotopic (exact) mass is 526 g/mol. The molecule has 2 atom stereocenters. The number of furan rings is 1. The van der Waals surface area contributed by atoms with E-state index in [0.29, 0.717) is 23.6 Å². The lowest BCUT2D eigenvalue weighted by Gasteiger charge is -2.28. The first-order chi connectivity index (χ1) is 18.7. The summed E-state index contributed by atoms with van der Waals surface area (Å²) < 4.78 is 10.5. The molecule has 1 aromatic heterocycles. The van der Waals surface area contributed by atoms with Crippen LogP contribution in [0.15, 0.2) is 108 Å². The largest absolute Gasteiger partial charge is 0.497 e. The molecule has 3 aromatic carbocycles. The van der Waals surface area contributed by atoms with E-state index in [0.717, 1.165) is 12.0 Å². The Morgan fingerprint density at radius 3 is 2.21 bits per heavy atom. The Balaban J connectivity index is 1.32. The zero-order chi connectivity index (χ0) is 26.3. The topological polar surface area (TPSA) is 71.8 Å². The number of carbonyl (C=O) groups excluding carboxylic acids is 2. The SMILES string of the molecule is COc1ccc(C(=O)N2C(C(=O)NCCC(c3ccccc3)c3ccccc3)CSC2c2ccoc2)cc1. The van der Waals surface area contributed by atoms with Crippen LogP contribution in [0.5, 0.6) is 5.75 Å². The zero-order valence-corrected chi connectivity index (χ0v) is 22.0. The number of hydrogen-bond donors (Lipinski definition) is 1. The van der Waals surface area contributed by atoms with Gasteiger partial charge in [0, 0.05) is 29.3 Å². The number of amides is 2. The molecular formula is C31H30N2O4S. The third-order valence-corrected chi connectivity index (χ3v) is 8.16. The molecule has 0 bridgehead atoms. The van der Waals surface area contributed by atoms with Crippen LogP contribution in [0, 0.1) is 0 Å². The van der Waals surface area contributed by atoms with Crippen molar-refractivity contribution < 1.29 is 18.7 Å². The molecule has 194 valence electrons. The van der Waals surface area contributed by atoms with Gasteiger partial charge in [0.1, 0.15) is 17.2 Å². The fourth-order valence-electron chi connectivity index (χ4n) is 4.87. The van der Waals surface area contributed by atoms with Gasteiger partial charge in [0.25, 0.3) is 5.91 Å². The number of methoxy groups -OCH3 is 1. The van der Waals surface area contributed by atoms with Crippen molar-refractivity contribution in [2.45, 2.75) is 23.8 Å². The van der Waals surface area contributed by atoms with Crippen LogP contribution in [0.25, 0.3) is 0 Å². The van der Waals surface area contributed by atoms with Crippen molar-refractivity contribution in [2.75, 3.05) is 19.4 Å². The predicted octanol–water partition coefficient (Wildman–Crippen LogP) is 5.88. The van der Waals surface area contributed by atoms with Gasteiger partial charge in [-0.1, -0.05) is 60.7 Å². The van der Waals surface area contributed by atoms with Crippen molar-refractivity contribution in [3.8, 4) is 5.75 Å². The fraction of sp³-hybridized carbons (Fsp3) is 0.226. The quantitative estimate of drug-likeness (QED) is 0.295. The summed E-state index contributed by atoms with van der Waals surface area (Å²) >= 11 is 1.57. The summed E-state index contributed by atoms with van der Waals surface area (Å²) in [5, 5.41) is 2.82. The van der Waals surface area contributed by atoms with Crippen LogP contribution in [-0.2, 0) is 4.79 Å². The zero-order valence-electron chi connectivity index (χ0n) is 21.2. The molecule has 1 aliphatic rings. The molecule has 0 spiro atoms. The summed E-state index contributed by atoms with van der Waals surface area (Å²) in [4.78, 5) is 28.9. The molecule has 2 amide bonds. The lowest BCUT2D eigenvalue weighted by molar-refractivity contribution is -0.124. The van der Waals surface area contributed by atoms with E-state index in [4.69, 9.17) is 9.15 Å². The third-order valence-electron chi connectivity index (χ3n) is 6.84. The first kappa shape index (κ1) is 25.7.